The highest BCUT2D eigenvalue weighted by molar-refractivity contribution is 5.94. The number of nitrogens with one attached hydrogen (secondary N) is 1. The fraction of sp³-hybridized carbons (Fsp3) is 0.389. The third kappa shape index (κ3) is 3.38. The molecule has 2 aromatic rings. The Morgan fingerprint density at radius 2 is 1.96 bits per heavy atom. The molecular formula is C18H22N2O4. The molecule has 0 saturated carbocycles. The summed E-state index contributed by atoms with van der Waals surface area (Å²) in [7, 11) is 0. The SMILES string of the molecule is CC(C)C(NC(=O)c1coc(CN)c1)c1ccc2c(c1)OCCO2. The van der Waals surface area contributed by atoms with E-state index in [2.05, 4.69) is 19.2 Å². The van der Waals surface area contributed by atoms with Crippen molar-refractivity contribution < 1.29 is 18.7 Å². The third-order valence-corrected chi connectivity index (χ3v) is 4.00. The lowest BCUT2D eigenvalue weighted by atomic mass is 9.95. The zero-order valence-corrected chi connectivity index (χ0v) is 13.9. The van der Waals surface area contributed by atoms with E-state index in [0.717, 1.165) is 11.3 Å². The summed E-state index contributed by atoms with van der Waals surface area (Å²) in [5, 5.41) is 3.06. The molecule has 1 amide bonds. The average Bonchev–Trinajstić information content (AvgIpc) is 3.08. The van der Waals surface area contributed by atoms with E-state index < -0.39 is 0 Å². The molecule has 0 bridgehead atoms. The quantitative estimate of drug-likeness (QED) is 0.880. The summed E-state index contributed by atoms with van der Waals surface area (Å²) >= 11 is 0. The number of carbonyl (C=O) groups excluding carboxylic acids is 1. The molecule has 6 heteroatoms. The molecular weight excluding hydrogens is 308 g/mol. The van der Waals surface area contributed by atoms with Gasteiger partial charge in [0.2, 0.25) is 0 Å². The topological polar surface area (TPSA) is 86.7 Å². The van der Waals surface area contributed by atoms with Crippen molar-refractivity contribution in [2.75, 3.05) is 13.2 Å². The van der Waals surface area contributed by atoms with Crippen LogP contribution < -0.4 is 20.5 Å². The highest BCUT2D eigenvalue weighted by atomic mass is 16.6. The largest absolute Gasteiger partial charge is 0.486 e. The van der Waals surface area contributed by atoms with Crippen molar-refractivity contribution in [3.05, 3.63) is 47.4 Å². The van der Waals surface area contributed by atoms with Crippen LogP contribution in [0.3, 0.4) is 0 Å². The Kier molecular flexibility index (Phi) is 4.76. The van der Waals surface area contributed by atoms with Gasteiger partial charge in [0.25, 0.3) is 5.91 Å². The fourth-order valence-electron chi connectivity index (χ4n) is 2.72. The second-order valence-corrected chi connectivity index (χ2v) is 6.10. The van der Waals surface area contributed by atoms with E-state index in [1.807, 2.05) is 18.2 Å². The molecule has 0 saturated heterocycles. The number of ether oxygens (including phenoxy) is 2. The zero-order chi connectivity index (χ0) is 17.1. The Balaban J connectivity index is 1.80. The van der Waals surface area contributed by atoms with Crippen LogP contribution in [0.5, 0.6) is 11.5 Å². The molecule has 1 aliphatic heterocycles. The molecule has 3 N–H and O–H groups in total. The first-order valence-corrected chi connectivity index (χ1v) is 8.06. The van der Waals surface area contributed by atoms with Gasteiger partial charge < -0.3 is 24.9 Å². The molecule has 128 valence electrons. The van der Waals surface area contributed by atoms with Crippen LogP contribution in [0.15, 0.2) is 34.9 Å². The average molecular weight is 330 g/mol. The number of benzene rings is 1. The van der Waals surface area contributed by atoms with Crippen molar-refractivity contribution >= 4 is 5.91 Å². The Bertz CT molecular complexity index is 724. The molecule has 1 aliphatic rings. The van der Waals surface area contributed by atoms with Crippen molar-refractivity contribution in [1.29, 1.82) is 0 Å². The lowest BCUT2D eigenvalue weighted by Gasteiger charge is -2.25. The van der Waals surface area contributed by atoms with Gasteiger partial charge in [0.15, 0.2) is 11.5 Å². The second kappa shape index (κ2) is 6.97. The number of hydrogen-bond acceptors (Lipinski definition) is 5. The van der Waals surface area contributed by atoms with E-state index in [-0.39, 0.29) is 24.4 Å². The molecule has 1 aromatic heterocycles. The number of hydrogen-bond donors (Lipinski definition) is 2. The monoisotopic (exact) mass is 330 g/mol. The molecule has 0 aliphatic carbocycles. The molecule has 2 heterocycles. The molecule has 1 atom stereocenters. The number of furan rings is 1. The van der Waals surface area contributed by atoms with Crippen LogP contribution in [0.1, 0.15) is 41.6 Å². The summed E-state index contributed by atoms with van der Waals surface area (Å²) in [6.45, 7) is 5.47. The van der Waals surface area contributed by atoms with Gasteiger partial charge in [-0.2, -0.15) is 0 Å². The Morgan fingerprint density at radius 1 is 1.21 bits per heavy atom. The van der Waals surface area contributed by atoms with Crippen molar-refractivity contribution in [3.8, 4) is 11.5 Å². The van der Waals surface area contributed by atoms with E-state index in [0.29, 0.717) is 30.3 Å². The number of nitrogens with two attached hydrogens (primary N) is 1. The van der Waals surface area contributed by atoms with Gasteiger partial charge in [-0.25, -0.2) is 0 Å². The predicted octanol–water partition coefficient (Wildman–Crippen LogP) is 2.64. The lowest BCUT2D eigenvalue weighted by Crippen LogP contribution is -2.31. The molecule has 0 fully saturated rings. The van der Waals surface area contributed by atoms with Gasteiger partial charge >= 0.3 is 0 Å². The molecule has 0 radical (unpaired) electrons. The van der Waals surface area contributed by atoms with E-state index in [4.69, 9.17) is 19.6 Å². The molecule has 3 rings (SSSR count). The van der Waals surface area contributed by atoms with Gasteiger partial charge in [-0.05, 0) is 29.7 Å². The van der Waals surface area contributed by atoms with Crippen LogP contribution in [-0.2, 0) is 6.54 Å². The first-order valence-electron chi connectivity index (χ1n) is 8.06. The van der Waals surface area contributed by atoms with Crippen LogP contribution in [0, 0.1) is 5.92 Å². The number of fused-ring (bicyclic) bond motifs is 1. The maximum Gasteiger partial charge on any atom is 0.255 e. The van der Waals surface area contributed by atoms with E-state index in [1.165, 1.54) is 6.26 Å². The van der Waals surface area contributed by atoms with Crippen molar-refractivity contribution in [1.82, 2.24) is 5.32 Å². The van der Waals surface area contributed by atoms with Crippen molar-refractivity contribution in [2.24, 2.45) is 11.7 Å². The summed E-state index contributed by atoms with van der Waals surface area (Å²) in [5.74, 6) is 2.05. The predicted molar refractivity (Wildman–Crippen MR) is 89.1 cm³/mol. The van der Waals surface area contributed by atoms with Crippen LogP contribution in [0.2, 0.25) is 0 Å². The fourth-order valence-corrected chi connectivity index (χ4v) is 2.72. The van der Waals surface area contributed by atoms with Crippen molar-refractivity contribution in [3.63, 3.8) is 0 Å². The van der Waals surface area contributed by atoms with Gasteiger partial charge in [0.05, 0.1) is 18.2 Å². The minimum absolute atomic E-state index is 0.149. The Morgan fingerprint density at radius 3 is 2.62 bits per heavy atom. The van der Waals surface area contributed by atoms with Gasteiger partial charge in [0.1, 0.15) is 25.2 Å². The number of carbonyl (C=O) groups is 1. The van der Waals surface area contributed by atoms with E-state index in [9.17, 15) is 4.79 Å². The van der Waals surface area contributed by atoms with Crippen LogP contribution >= 0.6 is 0 Å². The summed E-state index contributed by atoms with van der Waals surface area (Å²) in [4.78, 5) is 12.5. The molecule has 6 nitrogen and oxygen atoms in total. The zero-order valence-electron chi connectivity index (χ0n) is 13.9. The number of rotatable bonds is 5. The highest BCUT2D eigenvalue weighted by Gasteiger charge is 2.22. The minimum Gasteiger partial charge on any atom is -0.486 e. The van der Waals surface area contributed by atoms with Gasteiger partial charge in [-0.1, -0.05) is 19.9 Å². The van der Waals surface area contributed by atoms with Crippen LogP contribution in [0.25, 0.3) is 0 Å². The minimum atomic E-state index is -0.188. The smallest absolute Gasteiger partial charge is 0.255 e. The number of amides is 1. The normalized spacial score (nSPS) is 14.5. The maximum atomic E-state index is 12.5. The van der Waals surface area contributed by atoms with Crippen molar-refractivity contribution in [2.45, 2.75) is 26.4 Å². The van der Waals surface area contributed by atoms with Gasteiger partial charge in [-0.15, -0.1) is 0 Å². The Hall–Kier alpha value is -2.47. The van der Waals surface area contributed by atoms with Gasteiger partial charge in [-0.3, -0.25) is 4.79 Å². The standard InChI is InChI=1S/C18H22N2O4/c1-11(2)17(20-18(21)13-7-14(9-19)24-10-13)12-3-4-15-16(8-12)23-6-5-22-15/h3-4,7-8,10-11,17H,5-6,9,19H2,1-2H3,(H,20,21). The lowest BCUT2D eigenvalue weighted by molar-refractivity contribution is 0.0924. The molecule has 1 unspecified atom stereocenters. The summed E-state index contributed by atoms with van der Waals surface area (Å²) in [6, 6.07) is 7.29. The van der Waals surface area contributed by atoms with Crippen LogP contribution in [0.4, 0.5) is 0 Å². The molecule has 24 heavy (non-hydrogen) atoms. The highest BCUT2D eigenvalue weighted by Crippen LogP contribution is 2.34. The summed E-state index contributed by atoms with van der Waals surface area (Å²) in [6.07, 6.45) is 1.43. The second-order valence-electron chi connectivity index (χ2n) is 6.10. The maximum absolute atomic E-state index is 12.5. The first-order chi connectivity index (χ1) is 11.6. The molecule has 0 spiro atoms. The van der Waals surface area contributed by atoms with E-state index in [1.54, 1.807) is 6.07 Å². The first kappa shape index (κ1) is 16.4. The van der Waals surface area contributed by atoms with E-state index >= 15 is 0 Å². The summed E-state index contributed by atoms with van der Waals surface area (Å²) < 4.78 is 16.4. The van der Waals surface area contributed by atoms with Gasteiger partial charge in [0, 0.05) is 0 Å². The molecule has 1 aromatic carbocycles. The third-order valence-electron chi connectivity index (χ3n) is 4.00. The summed E-state index contributed by atoms with van der Waals surface area (Å²) in [5.41, 5.74) is 6.97. The van der Waals surface area contributed by atoms with Crippen LogP contribution in [-0.4, -0.2) is 19.1 Å². The Labute approximate surface area is 140 Å².